The molecule has 3 aliphatic rings. The number of aryl methyl sites for hydroxylation is 2. The second-order valence-corrected chi connectivity index (χ2v) is 8.82. The molecule has 0 spiro atoms. The standard InChI is InChI=1S/C22H32N4O/c27-22-19-12-4-3-11-18(19)20-15-24-25(21(20)26(22)17-9-5-10-17)14-6-13-23-16-7-1-2-8-16/h15-17,23H,1-14H2. The Morgan fingerprint density at radius 1 is 1.00 bits per heavy atom. The Kier molecular flexibility index (Phi) is 4.80. The van der Waals surface area contributed by atoms with Crippen molar-refractivity contribution < 1.29 is 0 Å². The van der Waals surface area contributed by atoms with Gasteiger partial charge in [0.1, 0.15) is 5.65 Å². The van der Waals surface area contributed by atoms with Gasteiger partial charge in [0.15, 0.2) is 0 Å². The summed E-state index contributed by atoms with van der Waals surface area (Å²) in [5, 5.41) is 9.70. The summed E-state index contributed by atoms with van der Waals surface area (Å²) >= 11 is 0. The van der Waals surface area contributed by atoms with Gasteiger partial charge in [-0.3, -0.25) is 9.36 Å². The zero-order chi connectivity index (χ0) is 18.2. The highest BCUT2D eigenvalue weighted by molar-refractivity contribution is 5.81. The van der Waals surface area contributed by atoms with E-state index in [4.69, 9.17) is 5.10 Å². The maximum absolute atomic E-state index is 13.3. The maximum atomic E-state index is 13.3. The van der Waals surface area contributed by atoms with Gasteiger partial charge in [-0.2, -0.15) is 5.10 Å². The smallest absolute Gasteiger partial charge is 0.255 e. The number of hydrogen-bond acceptors (Lipinski definition) is 3. The summed E-state index contributed by atoms with van der Waals surface area (Å²) < 4.78 is 4.25. The fraction of sp³-hybridized carbons (Fsp3) is 0.727. The normalized spacial score (nSPS) is 20.9. The average molecular weight is 369 g/mol. The monoisotopic (exact) mass is 368 g/mol. The Morgan fingerprint density at radius 2 is 1.78 bits per heavy atom. The molecule has 3 aliphatic carbocycles. The molecule has 0 atom stereocenters. The van der Waals surface area contributed by atoms with E-state index in [0.29, 0.717) is 6.04 Å². The molecule has 0 amide bonds. The Morgan fingerprint density at radius 3 is 2.52 bits per heavy atom. The molecule has 2 aromatic rings. The second kappa shape index (κ2) is 7.42. The van der Waals surface area contributed by atoms with Crippen molar-refractivity contribution in [3.63, 3.8) is 0 Å². The van der Waals surface area contributed by atoms with Crippen LogP contribution in [-0.2, 0) is 19.4 Å². The van der Waals surface area contributed by atoms with Gasteiger partial charge in [-0.1, -0.05) is 12.8 Å². The van der Waals surface area contributed by atoms with Crippen molar-refractivity contribution in [2.75, 3.05) is 6.54 Å². The molecule has 0 aromatic carbocycles. The lowest BCUT2D eigenvalue weighted by molar-refractivity contribution is 0.309. The van der Waals surface area contributed by atoms with Gasteiger partial charge in [-0.25, -0.2) is 4.68 Å². The Labute approximate surface area is 161 Å². The molecule has 0 bridgehead atoms. The van der Waals surface area contributed by atoms with Gasteiger partial charge in [-0.05, 0) is 76.3 Å². The molecule has 2 aromatic heterocycles. The predicted octanol–water partition coefficient (Wildman–Crippen LogP) is 3.72. The first kappa shape index (κ1) is 17.5. The third-order valence-electron chi connectivity index (χ3n) is 7.08. The minimum atomic E-state index is 0.285. The number of nitrogens with zero attached hydrogens (tertiary/aromatic N) is 3. The van der Waals surface area contributed by atoms with E-state index in [9.17, 15) is 4.79 Å². The Balaban J connectivity index is 1.44. The molecule has 2 heterocycles. The second-order valence-electron chi connectivity index (χ2n) is 8.82. The van der Waals surface area contributed by atoms with E-state index in [1.165, 1.54) is 49.5 Å². The lowest BCUT2D eigenvalue weighted by Crippen LogP contribution is -2.34. The molecule has 2 saturated carbocycles. The molecular formula is C22H32N4O. The zero-order valence-corrected chi connectivity index (χ0v) is 16.4. The van der Waals surface area contributed by atoms with Crippen LogP contribution in [-0.4, -0.2) is 26.9 Å². The molecule has 5 rings (SSSR count). The summed E-state index contributed by atoms with van der Waals surface area (Å²) in [7, 11) is 0. The molecule has 0 radical (unpaired) electrons. The van der Waals surface area contributed by atoms with E-state index in [-0.39, 0.29) is 5.56 Å². The SMILES string of the molecule is O=c1c2c(c3cnn(CCCNC4CCCC4)c3n1C1CCC1)CCCC2. The predicted molar refractivity (Wildman–Crippen MR) is 108 cm³/mol. The molecule has 5 heteroatoms. The Bertz CT molecular complexity index is 871. The van der Waals surface area contributed by atoms with Crippen LogP contribution in [0, 0.1) is 0 Å². The van der Waals surface area contributed by atoms with Crippen LogP contribution in [0.4, 0.5) is 0 Å². The van der Waals surface area contributed by atoms with Gasteiger partial charge in [0.25, 0.3) is 5.56 Å². The maximum Gasteiger partial charge on any atom is 0.255 e. The molecule has 27 heavy (non-hydrogen) atoms. The van der Waals surface area contributed by atoms with Crippen LogP contribution in [0.15, 0.2) is 11.0 Å². The summed E-state index contributed by atoms with van der Waals surface area (Å²) in [6, 6.07) is 1.11. The van der Waals surface area contributed by atoms with Gasteiger partial charge in [-0.15, -0.1) is 0 Å². The first-order chi connectivity index (χ1) is 13.3. The lowest BCUT2D eigenvalue weighted by atomic mass is 9.88. The van der Waals surface area contributed by atoms with Crippen LogP contribution in [0.2, 0.25) is 0 Å². The van der Waals surface area contributed by atoms with Crippen LogP contribution in [0.5, 0.6) is 0 Å². The zero-order valence-electron chi connectivity index (χ0n) is 16.4. The first-order valence-corrected chi connectivity index (χ1v) is 11.2. The van der Waals surface area contributed by atoms with Crippen LogP contribution in [0.25, 0.3) is 11.0 Å². The molecule has 5 nitrogen and oxygen atoms in total. The highest BCUT2D eigenvalue weighted by atomic mass is 16.1. The minimum Gasteiger partial charge on any atom is -0.314 e. The number of pyridine rings is 1. The van der Waals surface area contributed by atoms with Crippen LogP contribution < -0.4 is 10.9 Å². The van der Waals surface area contributed by atoms with Crippen molar-refractivity contribution in [1.82, 2.24) is 19.7 Å². The van der Waals surface area contributed by atoms with Crippen molar-refractivity contribution in [2.24, 2.45) is 0 Å². The fourth-order valence-corrected chi connectivity index (χ4v) is 5.34. The van der Waals surface area contributed by atoms with E-state index in [0.717, 1.165) is 68.9 Å². The van der Waals surface area contributed by atoms with Gasteiger partial charge in [0.05, 0.1) is 6.20 Å². The third kappa shape index (κ3) is 3.14. The molecule has 1 N–H and O–H groups in total. The van der Waals surface area contributed by atoms with Crippen molar-refractivity contribution in [3.8, 4) is 0 Å². The van der Waals surface area contributed by atoms with Gasteiger partial charge in [0.2, 0.25) is 0 Å². The van der Waals surface area contributed by atoms with Gasteiger partial charge >= 0.3 is 0 Å². The number of hydrogen-bond donors (Lipinski definition) is 1. The van der Waals surface area contributed by atoms with E-state index >= 15 is 0 Å². The quantitative estimate of drug-likeness (QED) is 0.791. The van der Waals surface area contributed by atoms with E-state index in [1.54, 1.807) is 0 Å². The number of aromatic nitrogens is 3. The molecule has 0 aliphatic heterocycles. The highest BCUT2D eigenvalue weighted by Gasteiger charge is 2.28. The summed E-state index contributed by atoms with van der Waals surface area (Å²) in [6.07, 6.45) is 16.4. The van der Waals surface area contributed by atoms with Crippen molar-refractivity contribution >= 4 is 11.0 Å². The fourth-order valence-electron chi connectivity index (χ4n) is 5.34. The van der Waals surface area contributed by atoms with Crippen molar-refractivity contribution in [2.45, 2.75) is 95.7 Å². The van der Waals surface area contributed by atoms with E-state index < -0.39 is 0 Å². The summed E-state index contributed by atoms with van der Waals surface area (Å²) in [5.74, 6) is 0. The number of rotatable bonds is 6. The molecule has 146 valence electrons. The molecule has 2 fully saturated rings. The first-order valence-electron chi connectivity index (χ1n) is 11.2. The van der Waals surface area contributed by atoms with Gasteiger partial charge in [0, 0.05) is 29.6 Å². The average Bonchev–Trinajstić information content (AvgIpc) is 3.30. The lowest BCUT2D eigenvalue weighted by Gasteiger charge is -2.30. The number of fused-ring (bicyclic) bond motifs is 3. The largest absolute Gasteiger partial charge is 0.314 e. The summed E-state index contributed by atoms with van der Waals surface area (Å²) in [6.45, 7) is 1.94. The van der Waals surface area contributed by atoms with E-state index in [1.807, 2.05) is 6.20 Å². The minimum absolute atomic E-state index is 0.285. The molecule has 0 unspecified atom stereocenters. The van der Waals surface area contributed by atoms with Crippen LogP contribution >= 0.6 is 0 Å². The van der Waals surface area contributed by atoms with Crippen LogP contribution in [0.1, 0.15) is 81.4 Å². The Hall–Kier alpha value is -1.62. The molecular weight excluding hydrogens is 336 g/mol. The van der Waals surface area contributed by atoms with Gasteiger partial charge < -0.3 is 5.32 Å². The third-order valence-corrected chi connectivity index (χ3v) is 7.08. The molecule has 0 saturated heterocycles. The van der Waals surface area contributed by atoms with E-state index in [2.05, 4.69) is 14.6 Å². The van der Waals surface area contributed by atoms with Crippen molar-refractivity contribution in [1.29, 1.82) is 0 Å². The topological polar surface area (TPSA) is 51.9 Å². The highest BCUT2D eigenvalue weighted by Crippen LogP contribution is 2.35. The summed E-state index contributed by atoms with van der Waals surface area (Å²) in [4.78, 5) is 13.3. The number of nitrogens with one attached hydrogen (secondary N) is 1. The van der Waals surface area contributed by atoms with Crippen LogP contribution in [0.3, 0.4) is 0 Å². The van der Waals surface area contributed by atoms with Crippen molar-refractivity contribution in [3.05, 3.63) is 27.7 Å². The summed E-state index contributed by atoms with van der Waals surface area (Å²) in [5.41, 5.74) is 3.77.